The topological polar surface area (TPSA) is 187 Å². The van der Waals surface area contributed by atoms with Gasteiger partial charge in [0, 0.05) is 47.8 Å². The average molecular weight is 647 g/mol. The Labute approximate surface area is 268 Å². The Morgan fingerprint density at radius 1 is 1.11 bits per heavy atom. The van der Waals surface area contributed by atoms with Gasteiger partial charge in [0.25, 0.3) is 0 Å². The van der Waals surface area contributed by atoms with Crippen LogP contribution >= 0.6 is 0 Å². The van der Waals surface area contributed by atoms with Crippen molar-refractivity contribution >= 4 is 30.0 Å². The highest BCUT2D eigenvalue weighted by Crippen LogP contribution is 2.73. The molecule has 4 aliphatic rings. The van der Waals surface area contributed by atoms with Crippen molar-refractivity contribution < 1.29 is 57.9 Å². The number of hydrogen-bond donors (Lipinski definition) is 3. The molecule has 3 aliphatic carbocycles. The van der Waals surface area contributed by atoms with Gasteiger partial charge in [0.2, 0.25) is 0 Å². The number of cyclic esters (lactones) is 1. The van der Waals surface area contributed by atoms with E-state index in [9.17, 15) is 39.3 Å². The van der Waals surface area contributed by atoms with E-state index in [0.717, 1.165) is 0 Å². The number of aliphatic hydroxyl groups excluding tert-OH is 3. The molecule has 0 bridgehead atoms. The van der Waals surface area contributed by atoms with Crippen LogP contribution in [0.1, 0.15) is 85.6 Å². The Hall–Kier alpha value is -3.09. The minimum absolute atomic E-state index is 0.106. The van der Waals surface area contributed by atoms with Crippen LogP contribution in [0.25, 0.3) is 0 Å². The van der Waals surface area contributed by atoms with Crippen LogP contribution in [0.2, 0.25) is 0 Å². The van der Waals surface area contributed by atoms with Crippen molar-refractivity contribution in [2.75, 3.05) is 0 Å². The summed E-state index contributed by atoms with van der Waals surface area (Å²) in [6, 6.07) is 1.66. The molecule has 0 unspecified atom stereocenters. The summed E-state index contributed by atoms with van der Waals surface area (Å²) in [5, 5.41) is 35.7. The van der Waals surface area contributed by atoms with E-state index < -0.39 is 106 Å². The Balaban J connectivity index is 1.79. The van der Waals surface area contributed by atoms with Crippen molar-refractivity contribution in [3.05, 3.63) is 24.2 Å². The molecule has 12 nitrogen and oxygen atoms in total. The lowest BCUT2D eigenvalue weighted by Crippen LogP contribution is -2.77. The first-order valence-corrected chi connectivity index (χ1v) is 16.1. The molecule has 1 saturated heterocycles. The molecule has 46 heavy (non-hydrogen) atoms. The average Bonchev–Trinajstić information content (AvgIpc) is 3.59. The molecule has 0 spiro atoms. The smallest absolute Gasteiger partial charge is 0.335 e. The zero-order chi connectivity index (χ0) is 34.1. The molecule has 1 aliphatic heterocycles. The quantitative estimate of drug-likeness (QED) is 0.224. The molecule has 1 aromatic rings. The Bertz CT molecular complexity index is 1390. The monoisotopic (exact) mass is 646 g/mol. The van der Waals surface area contributed by atoms with Gasteiger partial charge in [-0.1, -0.05) is 34.1 Å². The largest absolute Gasteiger partial charge is 0.472 e. The van der Waals surface area contributed by atoms with Gasteiger partial charge in [-0.2, -0.15) is 0 Å². The minimum Gasteiger partial charge on any atom is -0.472 e. The van der Waals surface area contributed by atoms with Gasteiger partial charge in [0.15, 0.2) is 6.10 Å². The van der Waals surface area contributed by atoms with E-state index in [2.05, 4.69) is 0 Å². The summed E-state index contributed by atoms with van der Waals surface area (Å²) in [5.74, 6) is -7.40. The maximum Gasteiger partial charge on any atom is 0.335 e. The van der Waals surface area contributed by atoms with Crippen molar-refractivity contribution in [3.8, 4) is 0 Å². The third-order valence-electron chi connectivity index (χ3n) is 12.2. The fraction of sp³-hybridized carbons (Fsp3) is 0.735. The summed E-state index contributed by atoms with van der Waals surface area (Å²) in [6.45, 7) is 11.3. The van der Waals surface area contributed by atoms with E-state index in [1.807, 2.05) is 0 Å². The van der Waals surface area contributed by atoms with Crippen molar-refractivity contribution in [2.24, 2.45) is 39.9 Å². The highest BCUT2D eigenvalue weighted by molar-refractivity contribution is 5.91. The third-order valence-corrected chi connectivity index (χ3v) is 12.2. The first kappa shape index (κ1) is 34.3. The van der Waals surface area contributed by atoms with E-state index >= 15 is 0 Å². The number of ether oxygens (including phenoxy) is 3. The molecule has 0 aromatic carbocycles. The van der Waals surface area contributed by atoms with Crippen LogP contribution in [0.3, 0.4) is 0 Å². The Kier molecular flexibility index (Phi) is 8.60. The van der Waals surface area contributed by atoms with Crippen LogP contribution in [0.4, 0.5) is 0 Å². The Morgan fingerprint density at radius 3 is 2.35 bits per heavy atom. The van der Waals surface area contributed by atoms with E-state index in [-0.39, 0.29) is 18.6 Å². The first-order valence-electron chi connectivity index (χ1n) is 16.1. The minimum atomic E-state index is -1.95. The molecule has 13 atom stereocenters. The van der Waals surface area contributed by atoms with Gasteiger partial charge in [-0.25, -0.2) is 4.79 Å². The second-order valence-corrected chi connectivity index (χ2v) is 14.9. The van der Waals surface area contributed by atoms with Crippen LogP contribution in [-0.2, 0) is 38.2 Å². The van der Waals surface area contributed by atoms with E-state index in [4.69, 9.17) is 18.6 Å². The van der Waals surface area contributed by atoms with E-state index in [1.54, 1.807) is 47.6 Å². The maximum atomic E-state index is 14.3. The molecule has 0 amide bonds. The van der Waals surface area contributed by atoms with Crippen molar-refractivity contribution in [3.63, 3.8) is 0 Å². The van der Waals surface area contributed by atoms with Crippen LogP contribution in [-0.4, -0.2) is 81.4 Å². The van der Waals surface area contributed by atoms with Crippen LogP contribution in [0.5, 0.6) is 0 Å². The number of aldehydes is 1. The molecular weight excluding hydrogens is 600 g/mol. The van der Waals surface area contributed by atoms with Gasteiger partial charge in [-0.15, -0.1) is 0 Å². The molecule has 254 valence electrons. The molecule has 5 rings (SSSR count). The number of rotatable bonds is 7. The lowest BCUT2D eigenvalue weighted by Gasteiger charge is -2.68. The fourth-order valence-corrected chi connectivity index (χ4v) is 10.1. The van der Waals surface area contributed by atoms with Gasteiger partial charge in [-0.05, 0) is 37.8 Å². The number of hydrogen-bond acceptors (Lipinski definition) is 12. The fourth-order valence-electron chi connectivity index (χ4n) is 10.1. The standard InChI is InChI=1S/C34H46O12/c1-8-16(2)25(40)30(42)45-29-26(41)28-33(7)21(31(4,5)46-24(39)13-23(33)44-17(3)36)12-22(38)34(28,15-35)27-20(37)11-19(32(27,29)6)18-9-10-43-14-18/h9-10,14-16,19,21-23,25-29,38,40-41H,8,11-13H2,1-7H3/t16-,19+,21+,22-,23+,25+,26-,27-,28-,29+,32+,33-,34+/m1/s1. The second kappa shape index (κ2) is 11.6. The molecule has 4 fully saturated rings. The van der Waals surface area contributed by atoms with Gasteiger partial charge in [0.1, 0.15) is 29.9 Å². The second-order valence-electron chi connectivity index (χ2n) is 14.9. The van der Waals surface area contributed by atoms with Crippen molar-refractivity contribution in [1.82, 2.24) is 0 Å². The summed E-state index contributed by atoms with van der Waals surface area (Å²) in [6.07, 6.45) is -4.26. The Morgan fingerprint density at radius 2 is 1.78 bits per heavy atom. The summed E-state index contributed by atoms with van der Waals surface area (Å²) in [4.78, 5) is 67.2. The lowest BCUT2D eigenvalue weighted by molar-refractivity contribution is -0.294. The zero-order valence-electron chi connectivity index (χ0n) is 27.4. The lowest BCUT2D eigenvalue weighted by atomic mass is 9.36. The molecule has 3 saturated carbocycles. The van der Waals surface area contributed by atoms with Gasteiger partial charge in [-0.3, -0.25) is 14.4 Å². The maximum absolute atomic E-state index is 14.3. The summed E-state index contributed by atoms with van der Waals surface area (Å²) >= 11 is 0. The number of aliphatic hydroxyl groups is 3. The zero-order valence-corrected chi connectivity index (χ0v) is 27.4. The van der Waals surface area contributed by atoms with Crippen molar-refractivity contribution in [1.29, 1.82) is 0 Å². The molecule has 2 heterocycles. The summed E-state index contributed by atoms with van der Waals surface area (Å²) in [7, 11) is 0. The summed E-state index contributed by atoms with van der Waals surface area (Å²) < 4.78 is 23.0. The number of esters is 3. The third kappa shape index (κ3) is 4.69. The number of furan rings is 1. The molecule has 0 radical (unpaired) electrons. The van der Waals surface area contributed by atoms with Gasteiger partial charge in [0.05, 0.1) is 36.6 Å². The first-order chi connectivity index (χ1) is 21.4. The SMILES string of the molecule is CC[C@@H](C)[C@H](O)C(=O)O[C@H]1[C@H](O)[C@@H]2[C@@]3(C)[C@@H](OC(C)=O)CC(=O)OC(C)(C)[C@@H]3C[C@@H](O)[C@@]2(C=O)[C@@H]2C(=O)C[C@@H](c3ccoc3)[C@@]21C. The number of carbonyl (C=O) groups excluding carboxylic acids is 5. The number of ketones is 1. The number of fused-ring (bicyclic) bond motifs is 5. The number of Topliss-reactive ketones (excluding diaryl/α,β-unsaturated/α-hetero) is 1. The molecule has 1 aromatic heterocycles. The van der Waals surface area contributed by atoms with Crippen molar-refractivity contribution in [2.45, 2.75) is 116 Å². The van der Waals surface area contributed by atoms with Gasteiger partial charge >= 0.3 is 17.9 Å². The predicted molar refractivity (Wildman–Crippen MR) is 159 cm³/mol. The van der Waals surface area contributed by atoms with Crippen LogP contribution in [0, 0.1) is 39.9 Å². The molecule has 3 N–H and O–H groups in total. The van der Waals surface area contributed by atoms with Crippen LogP contribution in [0.15, 0.2) is 23.0 Å². The van der Waals surface area contributed by atoms with Crippen LogP contribution < -0.4 is 0 Å². The summed E-state index contributed by atoms with van der Waals surface area (Å²) in [5.41, 5.74) is -5.56. The van der Waals surface area contributed by atoms with E-state index in [1.165, 1.54) is 19.5 Å². The highest BCUT2D eigenvalue weighted by Gasteiger charge is 2.80. The predicted octanol–water partition coefficient (Wildman–Crippen LogP) is 2.50. The highest BCUT2D eigenvalue weighted by atomic mass is 16.6. The van der Waals surface area contributed by atoms with Gasteiger partial charge < -0.3 is 38.7 Å². The van der Waals surface area contributed by atoms with E-state index in [0.29, 0.717) is 18.3 Å². The molecule has 12 heteroatoms. The normalized spacial score (nSPS) is 42.7. The molecular formula is C34H46O12. The number of carbonyl (C=O) groups is 5.